The number of ether oxygens (including phenoxy) is 1. The molecule has 0 saturated heterocycles. The van der Waals surface area contributed by atoms with Crippen molar-refractivity contribution >= 4 is 11.6 Å². The smallest absolute Gasteiger partial charge is 0.227 e. The van der Waals surface area contributed by atoms with Crippen molar-refractivity contribution in [3.05, 3.63) is 29.6 Å². The molecule has 19 heavy (non-hydrogen) atoms. The molecule has 104 valence electrons. The first-order valence-corrected chi connectivity index (χ1v) is 6.56. The summed E-state index contributed by atoms with van der Waals surface area (Å²) in [6, 6.07) is 4.52. The highest BCUT2D eigenvalue weighted by molar-refractivity contribution is 5.96. The summed E-state index contributed by atoms with van der Waals surface area (Å²) in [6.07, 6.45) is 0.800. The normalized spacial score (nSPS) is 16.4. The first kappa shape index (κ1) is 14.0. The molecule has 4 nitrogen and oxygen atoms in total. The number of anilines is 1. The first-order chi connectivity index (χ1) is 9.15. The molecule has 1 aliphatic heterocycles. The molecule has 1 heterocycles. The number of aryl methyl sites for hydroxylation is 1. The number of hydrogen-bond acceptors (Lipinski definition) is 3. The Kier molecular flexibility index (Phi) is 4.50. The fourth-order valence-electron chi connectivity index (χ4n) is 2.36. The molecule has 1 atom stereocenters. The fraction of sp³-hybridized carbons (Fsp3) is 0.500. The summed E-state index contributed by atoms with van der Waals surface area (Å²) in [5.74, 6) is -0.231. The minimum Gasteiger partial charge on any atom is -0.375 e. The van der Waals surface area contributed by atoms with Gasteiger partial charge in [0.2, 0.25) is 5.91 Å². The number of amides is 1. The SMILES string of the molecule is CCOC(CN)CN1C(=O)CCc2cc(F)ccc21. The molecule has 5 heteroatoms. The lowest BCUT2D eigenvalue weighted by molar-refractivity contribution is -0.119. The second-order valence-electron chi connectivity index (χ2n) is 4.59. The van der Waals surface area contributed by atoms with Crippen LogP contribution in [0.2, 0.25) is 0 Å². The van der Waals surface area contributed by atoms with E-state index in [1.807, 2.05) is 6.92 Å². The average Bonchev–Trinajstić information content (AvgIpc) is 2.41. The third-order valence-electron chi connectivity index (χ3n) is 3.29. The van der Waals surface area contributed by atoms with E-state index in [0.717, 1.165) is 11.3 Å². The molecule has 2 rings (SSSR count). The van der Waals surface area contributed by atoms with Crippen LogP contribution in [0.3, 0.4) is 0 Å². The quantitative estimate of drug-likeness (QED) is 0.878. The Morgan fingerprint density at radius 2 is 2.26 bits per heavy atom. The van der Waals surface area contributed by atoms with Gasteiger partial charge in [-0.15, -0.1) is 0 Å². The number of halogens is 1. The highest BCUT2D eigenvalue weighted by Gasteiger charge is 2.26. The van der Waals surface area contributed by atoms with Crippen molar-refractivity contribution in [1.29, 1.82) is 0 Å². The monoisotopic (exact) mass is 266 g/mol. The van der Waals surface area contributed by atoms with E-state index in [0.29, 0.717) is 32.5 Å². The van der Waals surface area contributed by atoms with Crippen LogP contribution in [-0.4, -0.2) is 31.7 Å². The Morgan fingerprint density at radius 3 is 2.95 bits per heavy atom. The fourth-order valence-corrected chi connectivity index (χ4v) is 2.36. The predicted octanol–water partition coefficient (Wildman–Crippen LogP) is 1.47. The van der Waals surface area contributed by atoms with Gasteiger partial charge in [0.05, 0.1) is 12.6 Å². The van der Waals surface area contributed by atoms with Gasteiger partial charge in [0.1, 0.15) is 5.82 Å². The van der Waals surface area contributed by atoms with Crippen molar-refractivity contribution in [2.24, 2.45) is 5.73 Å². The Labute approximate surface area is 112 Å². The zero-order chi connectivity index (χ0) is 13.8. The van der Waals surface area contributed by atoms with Gasteiger partial charge in [-0.25, -0.2) is 4.39 Å². The van der Waals surface area contributed by atoms with Crippen molar-refractivity contribution in [3.63, 3.8) is 0 Å². The maximum absolute atomic E-state index is 13.2. The van der Waals surface area contributed by atoms with E-state index < -0.39 is 0 Å². The van der Waals surface area contributed by atoms with Gasteiger partial charge < -0.3 is 15.4 Å². The molecule has 1 aromatic rings. The largest absolute Gasteiger partial charge is 0.375 e. The minimum absolute atomic E-state index is 0.0391. The minimum atomic E-state index is -0.270. The van der Waals surface area contributed by atoms with Gasteiger partial charge in [0, 0.05) is 25.3 Å². The number of carbonyl (C=O) groups is 1. The summed E-state index contributed by atoms with van der Waals surface area (Å²) in [4.78, 5) is 13.7. The average molecular weight is 266 g/mol. The topological polar surface area (TPSA) is 55.6 Å². The molecule has 1 unspecified atom stereocenters. The number of rotatable bonds is 5. The van der Waals surface area contributed by atoms with Crippen LogP contribution in [0, 0.1) is 5.82 Å². The Bertz CT molecular complexity index is 465. The van der Waals surface area contributed by atoms with Gasteiger partial charge in [0.15, 0.2) is 0 Å². The highest BCUT2D eigenvalue weighted by atomic mass is 19.1. The van der Waals surface area contributed by atoms with Crippen molar-refractivity contribution in [1.82, 2.24) is 0 Å². The molecule has 1 aliphatic rings. The third kappa shape index (κ3) is 3.11. The van der Waals surface area contributed by atoms with E-state index in [9.17, 15) is 9.18 Å². The van der Waals surface area contributed by atoms with E-state index in [2.05, 4.69) is 0 Å². The molecule has 2 N–H and O–H groups in total. The van der Waals surface area contributed by atoms with Gasteiger partial charge in [-0.3, -0.25) is 4.79 Å². The van der Waals surface area contributed by atoms with Crippen molar-refractivity contribution in [3.8, 4) is 0 Å². The molecule has 0 saturated carbocycles. The Hall–Kier alpha value is -1.46. The Morgan fingerprint density at radius 1 is 1.47 bits per heavy atom. The van der Waals surface area contributed by atoms with Gasteiger partial charge in [-0.2, -0.15) is 0 Å². The molecule has 0 bridgehead atoms. The molecule has 0 aliphatic carbocycles. The second-order valence-corrected chi connectivity index (χ2v) is 4.59. The van der Waals surface area contributed by atoms with Crippen molar-refractivity contribution in [2.75, 3.05) is 24.6 Å². The van der Waals surface area contributed by atoms with Gasteiger partial charge in [0.25, 0.3) is 0 Å². The predicted molar refractivity (Wildman–Crippen MR) is 71.5 cm³/mol. The van der Waals surface area contributed by atoms with Crippen LogP contribution in [0.15, 0.2) is 18.2 Å². The number of carbonyl (C=O) groups excluding carboxylic acids is 1. The van der Waals surface area contributed by atoms with Crippen LogP contribution in [-0.2, 0) is 16.0 Å². The van der Waals surface area contributed by atoms with Crippen molar-refractivity contribution < 1.29 is 13.9 Å². The molecular formula is C14H19FN2O2. The van der Waals surface area contributed by atoms with Crippen LogP contribution < -0.4 is 10.6 Å². The van der Waals surface area contributed by atoms with E-state index in [1.54, 1.807) is 11.0 Å². The summed E-state index contributed by atoms with van der Waals surface area (Å²) < 4.78 is 18.7. The lowest BCUT2D eigenvalue weighted by Crippen LogP contribution is -2.44. The zero-order valence-corrected chi connectivity index (χ0v) is 11.1. The first-order valence-electron chi connectivity index (χ1n) is 6.56. The number of nitrogens with two attached hydrogens (primary N) is 1. The molecular weight excluding hydrogens is 247 g/mol. The number of nitrogens with zero attached hydrogens (tertiary/aromatic N) is 1. The lowest BCUT2D eigenvalue weighted by Gasteiger charge is -2.32. The number of hydrogen-bond donors (Lipinski definition) is 1. The summed E-state index contributed by atoms with van der Waals surface area (Å²) in [7, 11) is 0. The molecule has 0 radical (unpaired) electrons. The summed E-state index contributed by atoms with van der Waals surface area (Å²) in [6.45, 7) is 3.22. The maximum atomic E-state index is 13.2. The zero-order valence-electron chi connectivity index (χ0n) is 11.1. The molecule has 0 spiro atoms. The Balaban J connectivity index is 2.22. The number of benzene rings is 1. The van der Waals surface area contributed by atoms with Crippen LogP contribution >= 0.6 is 0 Å². The molecule has 1 aromatic carbocycles. The van der Waals surface area contributed by atoms with E-state index in [-0.39, 0.29) is 17.8 Å². The van der Waals surface area contributed by atoms with Crippen molar-refractivity contribution in [2.45, 2.75) is 25.9 Å². The third-order valence-corrected chi connectivity index (χ3v) is 3.29. The second kappa shape index (κ2) is 6.12. The standard InChI is InChI=1S/C14H19FN2O2/c1-2-19-12(8-16)9-17-13-5-4-11(15)7-10(13)3-6-14(17)18/h4-5,7,12H,2-3,6,8-9,16H2,1H3. The van der Waals surface area contributed by atoms with Crippen LogP contribution in [0.1, 0.15) is 18.9 Å². The number of fused-ring (bicyclic) bond motifs is 1. The molecule has 1 amide bonds. The van der Waals surface area contributed by atoms with Crippen LogP contribution in [0.25, 0.3) is 0 Å². The van der Waals surface area contributed by atoms with E-state index in [1.165, 1.54) is 12.1 Å². The summed E-state index contributed by atoms with van der Waals surface area (Å²) in [5.41, 5.74) is 7.28. The molecule has 0 aromatic heterocycles. The van der Waals surface area contributed by atoms with Gasteiger partial charge >= 0.3 is 0 Å². The lowest BCUT2D eigenvalue weighted by atomic mass is 10.0. The summed E-state index contributed by atoms with van der Waals surface area (Å²) >= 11 is 0. The van der Waals surface area contributed by atoms with Gasteiger partial charge in [-0.05, 0) is 37.1 Å². The molecule has 0 fully saturated rings. The van der Waals surface area contributed by atoms with Crippen LogP contribution in [0.4, 0.5) is 10.1 Å². The van der Waals surface area contributed by atoms with Crippen LogP contribution in [0.5, 0.6) is 0 Å². The highest BCUT2D eigenvalue weighted by Crippen LogP contribution is 2.28. The van der Waals surface area contributed by atoms with E-state index >= 15 is 0 Å². The van der Waals surface area contributed by atoms with E-state index in [4.69, 9.17) is 10.5 Å². The summed E-state index contributed by atoms with van der Waals surface area (Å²) in [5, 5.41) is 0. The van der Waals surface area contributed by atoms with Gasteiger partial charge in [-0.1, -0.05) is 0 Å². The maximum Gasteiger partial charge on any atom is 0.227 e.